The summed E-state index contributed by atoms with van der Waals surface area (Å²) in [6, 6.07) is 1.85. The molecule has 0 saturated carbocycles. The zero-order chi connectivity index (χ0) is 18.7. The molecule has 27 heavy (non-hydrogen) atoms. The van der Waals surface area contributed by atoms with Crippen LogP contribution >= 0.6 is 0 Å². The summed E-state index contributed by atoms with van der Waals surface area (Å²) in [7, 11) is 0. The summed E-state index contributed by atoms with van der Waals surface area (Å²) in [5.41, 5.74) is 2.00. The van der Waals surface area contributed by atoms with E-state index in [0.717, 1.165) is 62.7 Å². The standard InChI is InChI=1S/C20H26N6O/c1-16-11-24-17(12-23-16)13-26-15-20(4-3-19(26)27)5-9-25(10-6-20)14-18-21-7-2-8-22-18/h2,7-8,11-12H,3-6,9-10,13-15H2,1H3. The maximum Gasteiger partial charge on any atom is 0.222 e. The van der Waals surface area contributed by atoms with Gasteiger partial charge in [-0.15, -0.1) is 0 Å². The van der Waals surface area contributed by atoms with E-state index in [9.17, 15) is 4.79 Å². The van der Waals surface area contributed by atoms with Gasteiger partial charge < -0.3 is 4.90 Å². The number of hydrogen-bond donors (Lipinski definition) is 0. The van der Waals surface area contributed by atoms with Crippen LogP contribution in [0.25, 0.3) is 0 Å². The number of piperidine rings is 2. The van der Waals surface area contributed by atoms with Crippen molar-refractivity contribution >= 4 is 5.91 Å². The van der Waals surface area contributed by atoms with Crippen LogP contribution < -0.4 is 0 Å². The number of amides is 1. The van der Waals surface area contributed by atoms with Gasteiger partial charge >= 0.3 is 0 Å². The quantitative estimate of drug-likeness (QED) is 0.824. The van der Waals surface area contributed by atoms with Crippen molar-refractivity contribution in [3.8, 4) is 0 Å². The third kappa shape index (κ3) is 4.30. The van der Waals surface area contributed by atoms with Crippen LogP contribution in [0.15, 0.2) is 30.9 Å². The van der Waals surface area contributed by atoms with Gasteiger partial charge in [-0.3, -0.25) is 19.7 Å². The van der Waals surface area contributed by atoms with Crippen molar-refractivity contribution in [2.24, 2.45) is 5.41 Å². The SMILES string of the molecule is Cc1cnc(CN2CC3(CCC2=O)CCN(Cc2ncccn2)CC3)cn1. The second kappa shape index (κ2) is 7.68. The van der Waals surface area contributed by atoms with Crippen LogP contribution in [0, 0.1) is 12.3 Å². The molecule has 4 heterocycles. The molecule has 2 aliphatic heterocycles. The van der Waals surface area contributed by atoms with E-state index in [4.69, 9.17) is 0 Å². The highest BCUT2D eigenvalue weighted by Crippen LogP contribution is 2.40. The number of carbonyl (C=O) groups is 1. The van der Waals surface area contributed by atoms with E-state index in [1.54, 1.807) is 24.8 Å². The predicted molar refractivity (Wildman–Crippen MR) is 100 cm³/mol. The Labute approximate surface area is 159 Å². The first-order valence-corrected chi connectivity index (χ1v) is 9.65. The monoisotopic (exact) mass is 366 g/mol. The van der Waals surface area contributed by atoms with Gasteiger partial charge in [-0.25, -0.2) is 9.97 Å². The van der Waals surface area contributed by atoms with E-state index in [-0.39, 0.29) is 11.3 Å². The molecule has 7 heteroatoms. The lowest BCUT2D eigenvalue weighted by molar-refractivity contribution is -0.140. The zero-order valence-corrected chi connectivity index (χ0v) is 15.8. The molecule has 2 aromatic heterocycles. The summed E-state index contributed by atoms with van der Waals surface area (Å²) in [6.07, 6.45) is 11.0. The fourth-order valence-corrected chi connectivity index (χ4v) is 4.15. The van der Waals surface area contributed by atoms with Crippen molar-refractivity contribution < 1.29 is 4.79 Å². The van der Waals surface area contributed by atoms with Gasteiger partial charge in [0.1, 0.15) is 5.82 Å². The molecule has 0 aliphatic carbocycles. The fraction of sp³-hybridized carbons (Fsp3) is 0.550. The third-order valence-corrected chi connectivity index (χ3v) is 5.84. The van der Waals surface area contributed by atoms with Crippen molar-refractivity contribution in [1.29, 1.82) is 0 Å². The predicted octanol–water partition coefficient (Wildman–Crippen LogP) is 1.98. The second-order valence-electron chi connectivity index (χ2n) is 7.84. The second-order valence-corrected chi connectivity index (χ2v) is 7.84. The van der Waals surface area contributed by atoms with Crippen molar-refractivity contribution in [1.82, 2.24) is 29.7 Å². The zero-order valence-electron chi connectivity index (χ0n) is 15.8. The highest BCUT2D eigenvalue weighted by molar-refractivity contribution is 5.77. The number of carbonyl (C=O) groups excluding carboxylic acids is 1. The van der Waals surface area contributed by atoms with Crippen molar-refractivity contribution in [3.63, 3.8) is 0 Å². The Morgan fingerprint density at radius 1 is 1.00 bits per heavy atom. The minimum Gasteiger partial charge on any atom is -0.336 e. The van der Waals surface area contributed by atoms with E-state index >= 15 is 0 Å². The van der Waals surface area contributed by atoms with Crippen LogP contribution in [0.4, 0.5) is 0 Å². The lowest BCUT2D eigenvalue weighted by Crippen LogP contribution is -2.51. The van der Waals surface area contributed by atoms with Crippen molar-refractivity contribution in [2.75, 3.05) is 19.6 Å². The summed E-state index contributed by atoms with van der Waals surface area (Å²) in [6.45, 7) is 6.19. The molecule has 0 unspecified atom stereocenters. The molecule has 1 spiro atoms. The maximum atomic E-state index is 12.4. The van der Waals surface area contributed by atoms with E-state index in [2.05, 4.69) is 24.8 Å². The van der Waals surface area contributed by atoms with Crippen molar-refractivity contribution in [3.05, 3.63) is 48.1 Å². The molecular formula is C20H26N6O. The van der Waals surface area contributed by atoms with E-state index in [1.165, 1.54) is 0 Å². The highest BCUT2D eigenvalue weighted by atomic mass is 16.2. The molecule has 0 atom stereocenters. The Hall–Kier alpha value is -2.41. The lowest BCUT2D eigenvalue weighted by Gasteiger charge is -2.47. The molecule has 0 aromatic carbocycles. The molecular weight excluding hydrogens is 340 g/mol. The average molecular weight is 366 g/mol. The van der Waals surface area contributed by atoms with E-state index in [0.29, 0.717) is 13.0 Å². The molecule has 4 rings (SSSR count). The summed E-state index contributed by atoms with van der Waals surface area (Å²) in [5, 5.41) is 0. The number of hydrogen-bond acceptors (Lipinski definition) is 6. The molecule has 2 saturated heterocycles. The Morgan fingerprint density at radius 2 is 1.78 bits per heavy atom. The van der Waals surface area contributed by atoms with Gasteiger partial charge in [-0.1, -0.05) is 0 Å². The Bertz CT molecular complexity index is 771. The topological polar surface area (TPSA) is 75.1 Å². The van der Waals surface area contributed by atoms with Crippen LogP contribution in [-0.2, 0) is 17.9 Å². The minimum atomic E-state index is 0.236. The summed E-state index contributed by atoms with van der Waals surface area (Å²) in [4.78, 5) is 34.2. The smallest absolute Gasteiger partial charge is 0.222 e. The highest BCUT2D eigenvalue weighted by Gasteiger charge is 2.41. The molecule has 2 aliphatic rings. The molecule has 0 bridgehead atoms. The first-order valence-electron chi connectivity index (χ1n) is 9.65. The summed E-state index contributed by atoms with van der Waals surface area (Å²) < 4.78 is 0. The molecule has 2 aromatic rings. The van der Waals surface area contributed by atoms with Gasteiger partial charge in [0.15, 0.2) is 0 Å². The van der Waals surface area contributed by atoms with E-state index < -0.39 is 0 Å². The number of rotatable bonds is 4. The lowest BCUT2D eigenvalue weighted by atomic mass is 9.72. The Kier molecular flexibility index (Phi) is 5.11. The molecule has 7 nitrogen and oxygen atoms in total. The maximum absolute atomic E-state index is 12.4. The molecule has 142 valence electrons. The minimum absolute atomic E-state index is 0.236. The summed E-state index contributed by atoms with van der Waals surface area (Å²) in [5.74, 6) is 1.12. The number of aryl methyl sites for hydroxylation is 1. The van der Waals surface area contributed by atoms with Gasteiger partial charge in [0.25, 0.3) is 0 Å². The van der Waals surface area contributed by atoms with Gasteiger partial charge in [-0.2, -0.15) is 0 Å². The van der Waals surface area contributed by atoms with Crippen LogP contribution in [0.2, 0.25) is 0 Å². The first-order chi connectivity index (χ1) is 13.1. The molecule has 2 fully saturated rings. The van der Waals surface area contributed by atoms with E-state index in [1.807, 2.05) is 17.9 Å². The molecule has 0 radical (unpaired) electrons. The van der Waals surface area contributed by atoms with Crippen LogP contribution in [0.5, 0.6) is 0 Å². The molecule has 0 N–H and O–H groups in total. The Balaban J connectivity index is 1.36. The molecule has 1 amide bonds. The number of nitrogens with zero attached hydrogens (tertiary/aromatic N) is 6. The van der Waals surface area contributed by atoms with Gasteiger partial charge in [-0.05, 0) is 50.8 Å². The third-order valence-electron chi connectivity index (χ3n) is 5.84. The first kappa shape index (κ1) is 18.0. The number of aromatic nitrogens is 4. The Morgan fingerprint density at radius 3 is 2.48 bits per heavy atom. The van der Waals surface area contributed by atoms with Gasteiger partial charge in [0.2, 0.25) is 5.91 Å². The number of likely N-dealkylation sites (tertiary alicyclic amines) is 2. The van der Waals surface area contributed by atoms with Gasteiger partial charge in [0, 0.05) is 31.6 Å². The van der Waals surface area contributed by atoms with Crippen LogP contribution in [-0.4, -0.2) is 55.3 Å². The normalized spacial score (nSPS) is 20.2. The van der Waals surface area contributed by atoms with Crippen LogP contribution in [0.3, 0.4) is 0 Å². The van der Waals surface area contributed by atoms with Crippen LogP contribution in [0.1, 0.15) is 42.9 Å². The van der Waals surface area contributed by atoms with Crippen molar-refractivity contribution in [2.45, 2.75) is 45.7 Å². The van der Waals surface area contributed by atoms with Gasteiger partial charge in [0.05, 0.1) is 30.7 Å². The fourth-order valence-electron chi connectivity index (χ4n) is 4.15. The average Bonchev–Trinajstić information content (AvgIpc) is 2.69. The summed E-state index contributed by atoms with van der Waals surface area (Å²) >= 11 is 0. The largest absolute Gasteiger partial charge is 0.336 e.